The number of hydrogen-bond acceptors (Lipinski definition) is 8. The zero-order chi connectivity index (χ0) is 22.2. The Kier molecular flexibility index (Phi) is 7.50. The van der Waals surface area contributed by atoms with E-state index in [-0.39, 0.29) is 28.9 Å². The fourth-order valence-electron chi connectivity index (χ4n) is 3.04. The first-order chi connectivity index (χ1) is 15.0. The van der Waals surface area contributed by atoms with E-state index in [1.54, 1.807) is 6.07 Å². The third kappa shape index (κ3) is 5.76. The Hall–Kier alpha value is -3.53. The third-order valence-electron chi connectivity index (χ3n) is 4.62. The highest BCUT2D eigenvalue weighted by molar-refractivity contribution is 6.07. The number of carbonyl (C=O) groups is 3. The molecule has 0 radical (unpaired) electrons. The predicted molar refractivity (Wildman–Crippen MR) is 108 cm³/mol. The van der Waals surface area contributed by atoms with Gasteiger partial charge in [-0.1, -0.05) is 0 Å². The summed E-state index contributed by atoms with van der Waals surface area (Å²) in [5.41, 5.74) is 0.105. The molecule has 2 heterocycles. The molecule has 1 aliphatic heterocycles. The maximum Gasteiger partial charge on any atom is 0.340 e. The van der Waals surface area contributed by atoms with Crippen LogP contribution < -0.4 is 20.1 Å². The Morgan fingerprint density at radius 3 is 2.58 bits per heavy atom. The highest BCUT2D eigenvalue weighted by Gasteiger charge is 2.22. The van der Waals surface area contributed by atoms with Crippen molar-refractivity contribution in [2.75, 3.05) is 39.3 Å². The zero-order valence-corrected chi connectivity index (χ0v) is 17.3. The molecule has 2 aromatic rings. The van der Waals surface area contributed by atoms with E-state index in [1.165, 1.54) is 38.7 Å². The maximum absolute atomic E-state index is 12.7. The average Bonchev–Trinajstić information content (AvgIpc) is 3.50. The van der Waals surface area contributed by atoms with Gasteiger partial charge in [0.25, 0.3) is 11.8 Å². The van der Waals surface area contributed by atoms with Crippen molar-refractivity contribution in [2.45, 2.75) is 18.9 Å². The van der Waals surface area contributed by atoms with E-state index in [4.69, 9.17) is 23.4 Å². The van der Waals surface area contributed by atoms with Gasteiger partial charge in [0.1, 0.15) is 0 Å². The Balaban J connectivity index is 1.70. The molecule has 1 fully saturated rings. The van der Waals surface area contributed by atoms with Crippen molar-refractivity contribution < 1.29 is 37.7 Å². The van der Waals surface area contributed by atoms with Crippen molar-refractivity contribution in [3.63, 3.8) is 0 Å². The molecule has 0 aliphatic carbocycles. The summed E-state index contributed by atoms with van der Waals surface area (Å²) < 4.78 is 26.1. The van der Waals surface area contributed by atoms with Gasteiger partial charge in [-0.2, -0.15) is 0 Å². The fourth-order valence-corrected chi connectivity index (χ4v) is 3.04. The molecule has 1 aromatic heterocycles. The highest BCUT2D eigenvalue weighted by atomic mass is 16.5. The number of carbonyl (C=O) groups excluding carboxylic acids is 3. The SMILES string of the molecule is COc1cc(NC(=O)c2ccco2)c(C(=O)OCC(=O)NCC2CCCO2)cc1OC. The van der Waals surface area contributed by atoms with Crippen molar-refractivity contribution in [1.82, 2.24) is 5.32 Å². The number of benzene rings is 1. The molecule has 31 heavy (non-hydrogen) atoms. The predicted octanol–water partition coefficient (Wildman–Crippen LogP) is 2.00. The monoisotopic (exact) mass is 432 g/mol. The van der Waals surface area contributed by atoms with Crippen LogP contribution in [0.2, 0.25) is 0 Å². The molecule has 1 unspecified atom stereocenters. The van der Waals surface area contributed by atoms with Gasteiger partial charge in [-0.15, -0.1) is 0 Å². The summed E-state index contributed by atoms with van der Waals surface area (Å²) in [7, 11) is 2.83. The maximum atomic E-state index is 12.7. The minimum atomic E-state index is -0.817. The molecule has 10 nitrogen and oxygen atoms in total. The van der Waals surface area contributed by atoms with E-state index in [9.17, 15) is 14.4 Å². The smallest absolute Gasteiger partial charge is 0.340 e. The van der Waals surface area contributed by atoms with Crippen LogP contribution in [0.4, 0.5) is 5.69 Å². The molecule has 0 spiro atoms. The topological polar surface area (TPSA) is 125 Å². The van der Waals surface area contributed by atoms with Crippen LogP contribution >= 0.6 is 0 Å². The lowest BCUT2D eigenvalue weighted by Gasteiger charge is -2.15. The summed E-state index contributed by atoms with van der Waals surface area (Å²) in [6.45, 7) is 0.560. The molecule has 2 N–H and O–H groups in total. The number of methoxy groups -OCH3 is 2. The van der Waals surface area contributed by atoms with Crippen molar-refractivity contribution in [3.8, 4) is 11.5 Å². The molecule has 10 heteroatoms. The lowest BCUT2D eigenvalue weighted by molar-refractivity contribution is -0.124. The minimum Gasteiger partial charge on any atom is -0.493 e. The van der Waals surface area contributed by atoms with Crippen LogP contribution in [0.5, 0.6) is 11.5 Å². The highest BCUT2D eigenvalue weighted by Crippen LogP contribution is 2.34. The van der Waals surface area contributed by atoms with Crippen LogP contribution in [0.25, 0.3) is 0 Å². The van der Waals surface area contributed by atoms with E-state index in [2.05, 4.69) is 10.6 Å². The van der Waals surface area contributed by atoms with Crippen LogP contribution in [0.15, 0.2) is 34.9 Å². The van der Waals surface area contributed by atoms with E-state index in [0.29, 0.717) is 18.9 Å². The molecular formula is C21H24N2O8. The molecule has 1 aliphatic rings. The number of hydrogen-bond donors (Lipinski definition) is 2. The van der Waals surface area contributed by atoms with Gasteiger partial charge in [-0.25, -0.2) is 4.79 Å². The van der Waals surface area contributed by atoms with E-state index < -0.39 is 24.4 Å². The normalized spacial score (nSPS) is 15.2. The summed E-state index contributed by atoms with van der Waals surface area (Å²) >= 11 is 0. The van der Waals surface area contributed by atoms with E-state index in [0.717, 1.165) is 12.8 Å². The summed E-state index contributed by atoms with van der Waals surface area (Å²) in [6.07, 6.45) is 3.17. The Bertz CT molecular complexity index is 920. The molecular weight excluding hydrogens is 408 g/mol. The van der Waals surface area contributed by atoms with Gasteiger partial charge in [-0.05, 0) is 25.0 Å². The van der Waals surface area contributed by atoms with Gasteiger partial charge in [0, 0.05) is 25.3 Å². The standard InChI is InChI=1S/C21H24N2O8/c1-27-17-9-14(21(26)31-12-19(24)22-11-13-5-3-7-29-13)15(10-18(17)28-2)23-20(25)16-6-4-8-30-16/h4,6,8-10,13H,3,5,7,11-12H2,1-2H3,(H,22,24)(H,23,25). The van der Waals surface area contributed by atoms with Gasteiger partial charge in [0.05, 0.1) is 37.8 Å². The minimum absolute atomic E-state index is 0.00974. The van der Waals surface area contributed by atoms with E-state index in [1.807, 2.05) is 0 Å². The molecule has 0 bridgehead atoms. The average molecular weight is 432 g/mol. The second-order valence-corrected chi connectivity index (χ2v) is 6.70. The largest absolute Gasteiger partial charge is 0.493 e. The van der Waals surface area contributed by atoms with Crippen molar-refractivity contribution >= 4 is 23.5 Å². The third-order valence-corrected chi connectivity index (χ3v) is 4.62. The molecule has 0 saturated carbocycles. The number of esters is 1. The Morgan fingerprint density at radius 1 is 1.16 bits per heavy atom. The Morgan fingerprint density at radius 2 is 1.94 bits per heavy atom. The lowest BCUT2D eigenvalue weighted by atomic mass is 10.1. The molecule has 1 saturated heterocycles. The van der Waals surface area contributed by atoms with Gasteiger partial charge in [-0.3, -0.25) is 9.59 Å². The molecule has 166 valence electrons. The first kappa shape index (κ1) is 22.2. The first-order valence-electron chi connectivity index (χ1n) is 9.68. The quantitative estimate of drug-likeness (QED) is 0.577. The van der Waals surface area contributed by atoms with Gasteiger partial charge >= 0.3 is 5.97 Å². The zero-order valence-electron chi connectivity index (χ0n) is 17.3. The molecule has 2 amide bonds. The van der Waals surface area contributed by atoms with Crippen molar-refractivity contribution in [3.05, 3.63) is 41.9 Å². The number of nitrogens with one attached hydrogen (secondary N) is 2. The lowest BCUT2D eigenvalue weighted by Crippen LogP contribution is -2.34. The van der Waals surface area contributed by atoms with Crippen LogP contribution in [-0.4, -0.2) is 57.9 Å². The molecule has 1 aromatic carbocycles. The first-order valence-corrected chi connectivity index (χ1v) is 9.68. The Labute approximate surface area is 178 Å². The summed E-state index contributed by atoms with van der Waals surface area (Å²) in [4.78, 5) is 37.1. The fraction of sp³-hybridized carbons (Fsp3) is 0.381. The summed E-state index contributed by atoms with van der Waals surface area (Å²) in [6, 6.07) is 5.83. The number of furan rings is 1. The van der Waals surface area contributed by atoms with Gasteiger partial charge < -0.3 is 34.0 Å². The van der Waals surface area contributed by atoms with Crippen molar-refractivity contribution in [2.24, 2.45) is 0 Å². The number of ether oxygens (including phenoxy) is 4. The molecule has 3 rings (SSSR count). The summed E-state index contributed by atoms with van der Waals surface area (Å²) in [5.74, 6) is -1.23. The number of anilines is 1. The van der Waals surface area contributed by atoms with Crippen LogP contribution in [0.3, 0.4) is 0 Å². The van der Waals surface area contributed by atoms with Gasteiger partial charge in [0.15, 0.2) is 23.9 Å². The van der Waals surface area contributed by atoms with Crippen molar-refractivity contribution in [1.29, 1.82) is 0 Å². The van der Waals surface area contributed by atoms with Crippen LogP contribution in [0, 0.1) is 0 Å². The number of amides is 2. The van der Waals surface area contributed by atoms with Crippen LogP contribution in [-0.2, 0) is 14.3 Å². The second-order valence-electron chi connectivity index (χ2n) is 6.70. The summed E-state index contributed by atoms with van der Waals surface area (Å²) in [5, 5.41) is 5.25. The number of rotatable bonds is 9. The molecule has 1 atom stereocenters. The van der Waals surface area contributed by atoms with Gasteiger partial charge in [0.2, 0.25) is 0 Å². The van der Waals surface area contributed by atoms with E-state index >= 15 is 0 Å². The second kappa shape index (κ2) is 10.5. The van der Waals surface area contributed by atoms with Crippen LogP contribution in [0.1, 0.15) is 33.8 Å².